The Hall–Kier alpha value is -2.54. The van der Waals surface area contributed by atoms with E-state index in [1.807, 2.05) is 12.1 Å². The number of urea groups is 1. The summed E-state index contributed by atoms with van der Waals surface area (Å²) in [6, 6.07) is 13.6. The van der Waals surface area contributed by atoms with Gasteiger partial charge in [0.05, 0.1) is 4.90 Å². The number of rotatable bonds is 6. The highest BCUT2D eigenvalue weighted by molar-refractivity contribution is 7.92. The molecule has 7 heteroatoms. The van der Waals surface area contributed by atoms with Crippen LogP contribution < -0.4 is 14.9 Å². The van der Waals surface area contributed by atoms with Crippen molar-refractivity contribution < 1.29 is 13.2 Å². The summed E-state index contributed by atoms with van der Waals surface area (Å²) in [5, 5.41) is 2.72. The van der Waals surface area contributed by atoms with E-state index in [-0.39, 0.29) is 10.9 Å². The summed E-state index contributed by atoms with van der Waals surface area (Å²) in [4.78, 5) is 13.4. The minimum absolute atomic E-state index is 0.159. The predicted octanol–water partition coefficient (Wildman–Crippen LogP) is 3.22. The van der Waals surface area contributed by atoms with Crippen molar-refractivity contribution in [2.24, 2.45) is 5.92 Å². The first-order chi connectivity index (χ1) is 12.3. The van der Waals surface area contributed by atoms with E-state index in [9.17, 15) is 13.2 Å². The Morgan fingerprint density at radius 3 is 2.27 bits per heavy atom. The zero-order valence-electron chi connectivity index (χ0n) is 14.9. The monoisotopic (exact) mass is 373 g/mol. The maximum atomic E-state index is 12.6. The van der Waals surface area contributed by atoms with Gasteiger partial charge in [0.2, 0.25) is 0 Å². The van der Waals surface area contributed by atoms with Crippen molar-refractivity contribution in [3.8, 4) is 0 Å². The molecule has 0 bridgehead atoms. The van der Waals surface area contributed by atoms with Crippen LogP contribution in [-0.2, 0) is 16.4 Å². The van der Waals surface area contributed by atoms with Gasteiger partial charge in [-0.05, 0) is 54.3 Å². The summed E-state index contributed by atoms with van der Waals surface area (Å²) in [6.45, 7) is 5.46. The maximum Gasteiger partial charge on any atom is 0.321 e. The van der Waals surface area contributed by atoms with Crippen LogP contribution in [0.25, 0.3) is 0 Å². The van der Waals surface area contributed by atoms with Crippen molar-refractivity contribution in [1.82, 2.24) is 5.32 Å². The number of hydrogen-bond donors (Lipinski definition) is 2. The van der Waals surface area contributed by atoms with E-state index in [4.69, 9.17) is 0 Å². The molecule has 0 saturated carbocycles. The zero-order valence-corrected chi connectivity index (χ0v) is 15.7. The number of carbonyl (C=O) groups is 1. The molecule has 6 nitrogen and oxygen atoms in total. The lowest BCUT2D eigenvalue weighted by Gasteiger charge is -2.15. The molecule has 0 spiro atoms. The zero-order chi connectivity index (χ0) is 18.7. The van der Waals surface area contributed by atoms with Crippen LogP contribution in [0, 0.1) is 5.92 Å². The van der Waals surface area contributed by atoms with Gasteiger partial charge in [0.25, 0.3) is 10.0 Å². The quantitative estimate of drug-likeness (QED) is 0.816. The first-order valence-corrected chi connectivity index (χ1v) is 10.1. The summed E-state index contributed by atoms with van der Waals surface area (Å²) < 4.78 is 27.7. The Bertz CT molecular complexity index is 875. The van der Waals surface area contributed by atoms with Crippen molar-refractivity contribution in [2.75, 3.05) is 22.7 Å². The number of hydrogen-bond acceptors (Lipinski definition) is 3. The highest BCUT2D eigenvalue weighted by Gasteiger charge is 2.22. The third-order valence-electron chi connectivity index (χ3n) is 4.17. The average Bonchev–Trinajstić information content (AvgIpc) is 3.02. The molecule has 138 valence electrons. The molecule has 2 aromatic rings. The van der Waals surface area contributed by atoms with Gasteiger partial charge in [-0.1, -0.05) is 26.0 Å². The molecule has 2 amide bonds. The fourth-order valence-electron chi connectivity index (χ4n) is 2.92. The van der Waals surface area contributed by atoms with Crippen LogP contribution in [0.2, 0.25) is 0 Å². The molecule has 0 aliphatic carbocycles. The molecule has 1 fully saturated rings. The van der Waals surface area contributed by atoms with E-state index in [2.05, 4.69) is 23.9 Å². The van der Waals surface area contributed by atoms with Crippen LogP contribution in [0.15, 0.2) is 53.4 Å². The second kappa shape index (κ2) is 7.37. The summed E-state index contributed by atoms with van der Waals surface area (Å²) >= 11 is 0. The van der Waals surface area contributed by atoms with Crippen molar-refractivity contribution >= 4 is 27.4 Å². The number of carbonyl (C=O) groups excluding carboxylic acids is 1. The molecule has 0 unspecified atom stereocenters. The maximum absolute atomic E-state index is 12.6. The van der Waals surface area contributed by atoms with Crippen LogP contribution in [0.3, 0.4) is 0 Å². The summed E-state index contributed by atoms with van der Waals surface area (Å²) in [6.07, 6.45) is 0.957. The minimum Gasteiger partial charge on any atom is -0.336 e. The molecule has 1 aliphatic heterocycles. The van der Waals surface area contributed by atoms with Crippen LogP contribution in [0.4, 0.5) is 16.2 Å². The van der Waals surface area contributed by atoms with Crippen LogP contribution >= 0.6 is 0 Å². The minimum atomic E-state index is -3.67. The summed E-state index contributed by atoms with van der Waals surface area (Å²) in [7, 11) is -3.67. The molecule has 1 aliphatic rings. The third-order valence-corrected chi connectivity index (χ3v) is 5.56. The Kier molecular flexibility index (Phi) is 5.18. The second-order valence-corrected chi connectivity index (χ2v) is 8.46. The summed E-state index contributed by atoms with van der Waals surface area (Å²) in [5.74, 6) is 0.550. The Morgan fingerprint density at radius 2 is 1.73 bits per heavy atom. The van der Waals surface area contributed by atoms with E-state index in [0.717, 1.165) is 6.42 Å². The SMILES string of the molecule is CC(C)Cc1ccc(NS(=O)(=O)c2ccc(N3CCNC3=O)cc2)cc1. The van der Waals surface area contributed by atoms with E-state index in [1.165, 1.54) is 17.7 Å². The van der Waals surface area contributed by atoms with Crippen molar-refractivity contribution in [3.05, 3.63) is 54.1 Å². The highest BCUT2D eigenvalue weighted by Crippen LogP contribution is 2.22. The predicted molar refractivity (Wildman–Crippen MR) is 103 cm³/mol. The Morgan fingerprint density at radius 1 is 1.08 bits per heavy atom. The lowest BCUT2D eigenvalue weighted by Crippen LogP contribution is -2.27. The van der Waals surface area contributed by atoms with Gasteiger partial charge in [-0.3, -0.25) is 9.62 Å². The van der Waals surface area contributed by atoms with Crippen LogP contribution in [0.1, 0.15) is 19.4 Å². The van der Waals surface area contributed by atoms with Crippen molar-refractivity contribution in [3.63, 3.8) is 0 Å². The van der Waals surface area contributed by atoms with Gasteiger partial charge in [0.15, 0.2) is 0 Å². The molecule has 1 heterocycles. The number of benzene rings is 2. The average molecular weight is 373 g/mol. The summed E-state index contributed by atoms with van der Waals surface area (Å²) in [5.41, 5.74) is 2.38. The van der Waals surface area contributed by atoms with Gasteiger partial charge in [0, 0.05) is 24.5 Å². The largest absolute Gasteiger partial charge is 0.336 e. The van der Waals surface area contributed by atoms with Crippen LogP contribution in [0.5, 0.6) is 0 Å². The normalized spacial score (nSPS) is 14.6. The molecule has 0 aromatic heterocycles. The van der Waals surface area contributed by atoms with E-state index < -0.39 is 10.0 Å². The van der Waals surface area contributed by atoms with Gasteiger partial charge < -0.3 is 5.32 Å². The molecule has 2 aromatic carbocycles. The molecule has 0 atom stereocenters. The molecule has 26 heavy (non-hydrogen) atoms. The molecule has 3 rings (SSSR count). The number of anilines is 2. The molecular weight excluding hydrogens is 350 g/mol. The number of amides is 2. The highest BCUT2D eigenvalue weighted by atomic mass is 32.2. The van der Waals surface area contributed by atoms with Gasteiger partial charge >= 0.3 is 6.03 Å². The Balaban J connectivity index is 1.72. The Labute approximate surface area is 154 Å². The smallest absolute Gasteiger partial charge is 0.321 e. The number of sulfonamides is 1. The number of nitrogens with zero attached hydrogens (tertiary/aromatic N) is 1. The van der Waals surface area contributed by atoms with Crippen molar-refractivity contribution in [1.29, 1.82) is 0 Å². The standard InChI is InChI=1S/C19H23N3O3S/c1-14(2)13-15-3-5-16(6-4-15)21-26(24,25)18-9-7-17(8-10-18)22-12-11-20-19(22)23/h3-10,14,21H,11-13H2,1-2H3,(H,20,23). The van der Waals surface area contributed by atoms with Gasteiger partial charge in [-0.15, -0.1) is 0 Å². The van der Waals surface area contributed by atoms with Crippen molar-refractivity contribution in [2.45, 2.75) is 25.2 Å². The van der Waals surface area contributed by atoms with Crippen LogP contribution in [-0.4, -0.2) is 27.5 Å². The third kappa shape index (κ3) is 4.16. The van der Waals surface area contributed by atoms with Gasteiger partial charge in [0.1, 0.15) is 0 Å². The topological polar surface area (TPSA) is 78.5 Å². The molecule has 2 N–H and O–H groups in total. The molecule has 1 saturated heterocycles. The lowest BCUT2D eigenvalue weighted by molar-refractivity contribution is 0.252. The molecular formula is C19H23N3O3S. The van der Waals surface area contributed by atoms with E-state index >= 15 is 0 Å². The fourth-order valence-corrected chi connectivity index (χ4v) is 3.98. The van der Waals surface area contributed by atoms with Gasteiger partial charge in [-0.25, -0.2) is 13.2 Å². The second-order valence-electron chi connectivity index (χ2n) is 6.78. The first-order valence-electron chi connectivity index (χ1n) is 8.62. The number of nitrogens with one attached hydrogen (secondary N) is 2. The van der Waals surface area contributed by atoms with E-state index in [1.54, 1.807) is 29.2 Å². The lowest BCUT2D eigenvalue weighted by atomic mass is 10.0. The van der Waals surface area contributed by atoms with E-state index in [0.29, 0.717) is 30.4 Å². The first kappa shape index (κ1) is 18.3. The molecule has 0 radical (unpaired) electrons. The van der Waals surface area contributed by atoms with Gasteiger partial charge in [-0.2, -0.15) is 0 Å². The fraction of sp³-hybridized carbons (Fsp3) is 0.316.